The predicted molar refractivity (Wildman–Crippen MR) is 156 cm³/mol. The number of alkyl carbamates (subject to hydrolysis) is 1. The number of nitrogens with zero attached hydrogens (tertiary/aromatic N) is 1. The van der Waals surface area contributed by atoms with Gasteiger partial charge in [-0.05, 0) is 46.6 Å². The van der Waals surface area contributed by atoms with Gasteiger partial charge in [0.2, 0.25) is 5.91 Å². The van der Waals surface area contributed by atoms with Gasteiger partial charge < -0.3 is 20.5 Å². The Kier molecular flexibility index (Phi) is 8.69. The van der Waals surface area contributed by atoms with Crippen molar-refractivity contribution < 1.29 is 24.2 Å². The number of ether oxygens (including phenoxy) is 1. The Bertz CT molecular complexity index is 1350. The quantitative estimate of drug-likeness (QED) is 0.314. The number of aliphatic carboxylic acids is 1. The molecule has 2 amide bonds. The van der Waals surface area contributed by atoms with E-state index in [9.17, 15) is 14.4 Å². The minimum Gasteiger partial charge on any atom is -0.481 e. The summed E-state index contributed by atoms with van der Waals surface area (Å²) in [4.78, 5) is 40.0. The molecule has 0 spiro atoms. The van der Waals surface area contributed by atoms with E-state index in [4.69, 9.17) is 9.84 Å². The molecule has 2 atom stereocenters. The zero-order valence-corrected chi connectivity index (χ0v) is 23.3. The highest BCUT2D eigenvalue weighted by Gasteiger charge is 2.46. The Morgan fingerprint density at radius 2 is 1.61 bits per heavy atom. The SMILES string of the molecule is CC(CCC(=O)O)CNC(=O)C1(NC(=O)OCC2c3ccccc3-c3ccccc32)CCN(Cc2ccccc2)C1. The average Bonchev–Trinajstić information content (AvgIpc) is 3.53. The summed E-state index contributed by atoms with van der Waals surface area (Å²) in [5.74, 6) is -1.22. The average molecular weight is 556 g/mol. The summed E-state index contributed by atoms with van der Waals surface area (Å²) >= 11 is 0. The van der Waals surface area contributed by atoms with Gasteiger partial charge in [-0.2, -0.15) is 0 Å². The standard InChI is InChI=1S/C33H37N3O5/c1-23(15-16-30(37)38)19-34-31(39)33(17-18-36(22-33)20-24-9-3-2-4-10-24)35-32(40)41-21-29-27-13-7-5-11-25(27)26-12-6-8-14-28(26)29/h2-14,23,29H,15-22H2,1H3,(H,34,39)(H,35,40)(H,37,38). The van der Waals surface area contributed by atoms with Crippen molar-refractivity contribution in [3.8, 4) is 11.1 Å². The third kappa shape index (κ3) is 6.60. The first-order chi connectivity index (χ1) is 19.8. The molecule has 3 N–H and O–H groups in total. The molecular formula is C33H37N3O5. The van der Waals surface area contributed by atoms with E-state index in [0.29, 0.717) is 39.0 Å². The van der Waals surface area contributed by atoms with E-state index < -0.39 is 17.6 Å². The smallest absolute Gasteiger partial charge is 0.408 e. The van der Waals surface area contributed by atoms with Crippen LogP contribution in [0.3, 0.4) is 0 Å². The number of hydrogen-bond donors (Lipinski definition) is 3. The van der Waals surface area contributed by atoms with Crippen LogP contribution in [-0.4, -0.2) is 59.8 Å². The number of carbonyl (C=O) groups is 3. The molecule has 0 saturated carbocycles. The van der Waals surface area contributed by atoms with E-state index in [0.717, 1.165) is 27.8 Å². The fraction of sp³-hybridized carbons (Fsp3) is 0.364. The fourth-order valence-electron chi connectivity index (χ4n) is 5.95. The molecule has 1 saturated heterocycles. The lowest BCUT2D eigenvalue weighted by Crippen LogP contribution is -2.60. The molecule has 2 unspecified atom stereocenters. The Balaban J connectivity index is 1.26. The molecule has 8 nitrogen and oxygen atoms in total. The molecule has 1 heterocycles. The number of rotatable bonds is 11. The normalized spacial score (nSPS) is 18.8. The molecule has 5 rings (SSSR count). The van der Waals surface area contributed by atoms with Crippen molar-refractivity contribution in [1.29, 1.82) is 0 Å². The number of carboxylic acids is 1. The highest BCUT2D eigenvalue weighted by Crippen LogP contribution is 2.44. The lowest BCUT2D eigenvalue weighted by atomic mass is 9.96. The Hall–Kier alpha value is -4.17. The van der Waals surface area contributed by atoms with E-state index in [1.54, 1.807) is 0 Å². The first-order valence-electron chi connectivity index (χ1n) is 14.2. The van der Waals surface area contributed by atoms with Crippen LogP contribution in [0.15, 0.2) is 78.9 Å². The first-order valence-corrected chi connectivity index (χ1v) is 14.2. The summed E-state index contributed by atoms with van der Waals surface area (Å²) in [6, 6.07) is 26.4. The number of likely N-dealkylation sites (tertiary alicyclic amines) is 1. The van der Waals surface area contributed by atoms with Crippen LogP contribution in [0.25, 0.3) is 11.1 Å². The van der Waals surface area contributed by atoms with Crippen molar-refractivity contribution in [3.63, 3.8) is 0 Å². The summed E-state index contributed by atoms with van der Waals surface area (Å²) in [5.41, 5.74) is 4.53. The van der Waals surface area contributed by atoms with Crippen LogP contribution in [-0.2, 0) is 20.9 Å². The fourth-order valence-corrected chi connectivity index (χ4v) is 5.95. The minimum atomic E-state index is -1.15. The first kappa shape index (κ1) is 28.4. The molecule has 2 aliphatic rings. The second kappa shape index (κ2) is 12.6. The maximum atomic E-state index is 13.6. The van der Waals surface area contributed by atoms with Crippen LogP contribution >= 0.6 is 0 Å². The molecule has 0 bridgehead atoms. The molecule has 1 aliphatic heterocycles. The van der Waals surface area contributed by atoms with E-state index in [1.165, 1.54) is 0 Å². The van der Waals surface area contributed by atoms with Gasteiger partial charge in [-0.1, -0.05) is 85.8 Å². The van der Waals surface area contributed by atoms with Crippen molar-refractivity contribution in [2.24, 2.45) is 5.92 Å². The van der Waals surface area contributed by atoms with E-state index in [-0.39, 0.29) is 30.8 Å². The van der Waals surface area contributed by atoms with Crippen molar-refractivity contribution in [3.05, 3.63) is 95.6 Å². The number of carboxylic acid groups (broad SMARTS) is 1. The van der Waals surface area contributed by atoms with Crippen LogP contribution in [0, 0.1) is 5.92 Å². The Morgan fingerprint density at radius 3 is 2.27 bits per heavy atom. The molecule has 214 valence electrons. The molecular weight excluding hydrogens is 518 g/mol. The van der Waals surface area contributed by atoms with Gasteiger partial charge in [0, 0.05) is 38.5 Å². The van der Waals surface area contributed by atoms with Gasteiger partial charge >= 0.3 is 12.1 Å². The Labute approximate surface area is 240 Å². The van der Waals surface area contributed by atoms with Gasteiger partial charge in [0.15, 0.2) is 0 Å². The molecule has 8 heteroatoms. The number of hydrogen-bond acceptors (Lipinski definition) is 5. The maximum absolute atomic E-state index is 13.6. The summed E-state index contributed by atoms with van der Waals surface area (Å²) in [7, 11) is 0. The largest absolute Gasteiger partial charge is 0.481 e. The highest BCUT2D eigenvalue weighted by molar-refractivity contribution is 5.90. The van der Waals surface area contributed by atoms with Crippen LogP contribution in [0.2, 0.25) is 0 Å². The van der Waals surface area contributed by atoms with Crippen LogP contribution in [0.1, 0.15) is 48.8 Å². The minimum absolute atomic E-state index is 0.0108. The van der Waals surface area contributed by atoms with Crippen molar-refractivity contribution >= 4 is 18.0 Å². The number of nitrogens with one attached hydrogen (secondary N) is 2. The Morgan fingerprint density at radius 1 is 0.976 bits per heavy atom. The maximum Gasteiger partial charge on any atom is 0.408 e. The van der Waals surface area contributed by atoms with Gasteiger partial charge in [-0.15, -0.1) is 0 Å². The lowest BCUT2D eigenvalue weighted by Gasteiger charge is -2.30. The molecule has 0 aromatic heterocycles. The third-order valence-corrected chi connectivity index (χ3v) is 8.18. The van der Waals surface area contributed by atoms with E-state index in [2.05, 4.69) is 39.8 Å². The predicted octanol–water partition coefficient (Wildman–Crippen LogP) is 4.79. The summed E-state index contributed by atoms with van der Waals surface area (Å²) < 4.78 is 5.81. The topological polar surface area (TPSA) is 108 Å². The summed E-state index contributed by atoms with van der Waals surface area (Å²) in [5, 5.41) is 14.9. The van der Waals surface area contributed by atoms with Gasteiger partial charge in [-0.3, -0.25) is 14.5 Å². The summed E-state index contributed by atoms with van der Waals surface area (Å²) in [6.45, 7) is 4.06. The lowest BCUT2D eigenvalue weighted by molar-refractivity contribution is -0.137. The second-order valence-electron chi connectivity index (χ2n) is 11.2. The van der Waals surface area contributed by atoms with Crippen LogP contribution in [0.4, 0.5) is 4.79 Å². The van der Waals surface area contributed by atoms with Gasteiger partial charge in [0.1, 0.15) is 12.1 Å². The number of amides is 2. The van der Waals surface area contributed by atoms with Crippen molar-refractivity contribution in [2.45, 2.75) is 44.2 Å². The van der Waals surface area contributed by atoms with Crippen LogP contribution in [0.5, 0.6) is 0 Å². The van der Waals surface area contributed by atoms with Crippen molar-refractivity contribution in [1.82, 2.24) is 15.5 Å². The number of fused-ring (bicyclic) bond motifs is 3. The molecule has 1 fully saturated rings. The number of benzene rings is 3. The molecule has 41 heavy (non-hydrogen) atoms. The van der Waals surface area contributed by atoms with Crippen molar-refractivity contribution in [2.75, 3.05) is 26.2 Å². The molecule has 1 aliphatic carbocycles. The number of carbonyl (C=O) groups excluding carboxylic acids is 2. The van der Waals surface area contributed by atoms with Gasteiger partial charge in [-0.25, -0.2) is 4.79 Å². The van der Waals surface area contributed by atoms with Gasteiger partial charge in [0.25, 0.3) is 0 Å². The molecule has 3 aromatic carbocycles. The van der Waals surface area contributed by atoms with Gasteiger partial charge in [0.05, 0.1) is 0 Å². The third-order valence-electron chi connectivity index (χ3n) is 8.18. The molecule has 3 aromatic rings. The summed E-state index contributed by atoms with van der Waals surface area (Å²) in [6.07, 6.45) is 0.329. The second-order valence-corrected chi connectivity index (χ2v) is 11.2. The zero-order valence-electron chi connectivity index (χ0n) is 23.3. The highest BCUT2D eigenvalue weighted by atomic mass is 16.5. The molecule has 0 radical (unpaired) electrons. The van der Waals surface area contributed by atoms with Crippen LogP contribution < -0.4 is 10.6 Å². The van der Waals surface area contributed by atoms with E-state index in [1.807, 2.05) is 61.5 Å². The van der Waals surface area contributed by atoms with E-state index >= 15 is 0 Å². The zero-order chi connectivity index (χ0) is 28.8. The monoisotopic (exact) mass is 555 g/mol.